The highest BCUT2D eigenvalue weighted by Gasteiger charge is 2.13. The van der Waals surface area contributed by atoms with E-state index in [-0.39, 0.29) is 12.3 Å². The van der Waals surface area contributed by atoms with Gasteiger partial charge in [-0.1, -0.05) is 25.4 Å². The van der Waals surface area contributed by atoms with Gasteiger partial charge in [-0.2, -0.15) is 0 Å². The number of nitrogens with zero attached hydrogens (tertiary/aromatic N) is 1. The molecule has 6 heteroatoms. The third-order valence-corrected chi connectivity index (χ3v) is 2.54. The van der Waals surface area contributed by atoms with Crippen LogP contribution in [-0.2, 0) is 11.3 Å². The number of halogens is 1. The maximum atomic E-state index is 10.8. The number of hydrogen-bond donors (Lipinski definition) is 1. The third-order valence-electron chi connectivity index (χ3n) is 2.30. The van der Waals surface area contributed by atoms with Crippen LogP contribution in [0.4, 0.5) is 5.69 Å². The lowest BCUT2D eigenvalue weighted by Gasteiger charge is -2.09. The summed E-state index contributed by atoms with van der Waals surface area (Å²) in [5.74, 6) is 0. The SMILES string of the molecule is CC(C)NCCOCc1ccc(Cl)cc1[N+](=O)[O-]. The van der Waals surface area contributed by atoms with Crippen LogP contribution in [0.25, 0.3) is 0 Å². The molecule has 0 saturated heterocycles. The first kappa shape index (κ1) is 14.9. The summed E-state index contributed by atoms with van der Waals surface area (Å²) in [5, 5.41) is 14.4. The van der Waals surface area contributed by atoms with Crippen molar-refractivity contribution in [2.24, 2.45) is 0 Å². The van der Waals surface area contributed by atoms with Crippen LogP contribution in [-0.4, -0.2) is 24.1 Å². The molecule has 0 bridgehead atoms. The van der Waals surface area contributed by atoms with E-state index >= 15 is 0 Å². The number of hydrogen-bond acceptors (Lipinski definition) is 4. The lowest BCUT2D eigenvalue weighted by Crippen LogP contribution is -2.26. The quantitative estimate of drug-likeness (QED) is 0.471. The molecule has 0 fully saturated rings. The van der Waals surface area contributed by atoms with Crippen molar-refractivity contribution >= 4 is 17.3 Å². The first-order valence-electron chi connectivity index (χ1n) is 5.74. The van der Waals surface area contributed by atoms with Crippen molar-refractivity contribution in [3.8, 4) is 0 Å². The lowest BCUT2D eigenvalue weighted by atomic mass is 10.2. The summed E-state index contributed by atoms with van der Waals surface area (Å²) in [6.07, 6.45) is 0. The molecule has 0 spiro atoms. The lowest BCUT2D eigenvalue weighted by molar-refractivity contribution is -0.385. The fourth-order valence-corrected chi connectivity index (χ4v) is 1.60. The highest BCUT2D eigenvalue weighted by Crippen LogP contribution is 2.23. The van der Waals surface area contributed by atoms with Gasteiger partial charge in [-0.3, -0.25) is 10.1 Å². The first-order valence-corrected chi connectivity index (χ1v) is 6.12. The summed E-state index contributed by atoms with van der Waals surface area (Å²) >= 11 is 5.72. The van der Waals surface area contributed by atoms with Gasteiger partial charge in [0.05, 0.1) is 23.7 Å². The molecule has 0 aliphatic carbocycles. The van der Waals surface area contributed by atoms with Crippen molar-refractivity contribution < 1.29 is 9.66 Å². The minimum absolute atomic E-state index is 0.000631. The van der Waals surface area contributed by atoms with Gasteiger partial charge >= 0.3 is 0 Å². The Morgan fingerprint density at radius 3 is 2.83 bits per heavy atom. The smallest absolute Gasteiger partial charge is 0.276 e. The molecule has 0 aliphatic rings. The summed E-state index contributed by atoms with van der Waals surface area (Å²) in [6, 6.07) is 4.99. The molecule has 1 aromatic rings. The van der Waals surface area contributed by atoms with Crippen LogP contribution in [0.3, 0.4) is 0 Å². The van der Waals surface area contributed by atoms with E-state index in [4.69, 9.17) is 16.3 Å². The maximum absolute atomic E-state index is 10.8. The third kappa shape index (κ3) is 5.00. The van der Waals surface area contributed by atoms with E-state index in [1.807, 2.05) is 13.8 Å². The summed E-state index contributed by atoms with van der Waals surface area (Å²) < 4.78 is 5.39. The monoisotopic (exact) mass is 272 g/mol. The van der Waals surface area contributed by atoms with Crippen molar-refractivity contribution in [1.29, 1.82) is 0 Å². The number of nitrogens with one attached hydrogen (secondary N) is 1. The van der Waals surface area contributed by atoms with E-state index in [9.17, 15) is 10.1 Å². The van der Waals surface area contributed by atoms with Gasteiger partial charge in [-0.25, -0.2) is 0 Å². The van der Waals surface area contributed by atoms with Crippen molar-refractivity contribution in [1.82, 2.24) is 5.32 Å². The molecule has 0 saturated carbocycles. The van der Waals surface area contributed by atoms with Crippen LogP contribution in [0.1, 0.15) is 19.4 Å². The number of nitro benzene ring substituents is 1. The minimum Gasteiger partial charge on any atom is -0.375 e. The molecule has 0 radical (unpaired) electrons. The van der Waals surface area contributed by atoms with Crippen molar-refractivity contribution in [3.63, 3.8) is 0 Å². The number of nitro groups is 1. The maximum Gasteiger partial charge on any atom is 0.276 e. The van der Waals surface area contributed by atoms with Crippen LogP contribution in [0.15, 0.2) is 18.2 Å². The number of ether oxygens (including phenoxy) is 1. The molecular weight excluding hydrogens is 256 g/mol. The molecule has 5 nitrogen and oxygen atoms in total. The first-order chi connectivity index (χ1) is 8.50. The Kier molecular flexibility index (Phi) is 6.04. The molecule has 0 amide bonds. The molecule has 0 aliphatic heterocycles. The van der Waals surface area contributed by atoms with E-state index < -0.39 is 4.92 Å². The second kappa shape index (κ2) is 7.31. The van der Waals surface area contributed by atoms with Gasteiger partial charge in [-0.15, -0.1) is 0 Å². The molecule has 1 N–H and O–H groups in total. The zero-order valence-electron chi connectivity index (χ0n) is 10.5. The van der Waals surface area contributed by atoms with Crippen LogP contribution < -0.4 is 5.32 Å². The standard InChI is InChI=1S/C12H17ClN2O3/c1-9(2)14-5-6-18-8-10-3-4-11(13)7-12(10)15(16)17/h3-4,7,9,14H,5-6,8H2,1-2H3. The van der Waals surface area contributed by atoms with Crippen molar-refractivity contribution in [2.45, 2.75) is 26.5 Å². The molecule has 0 heterocycles. The Morgan fingerprint density at radius 2 is 2.22 bits per heavy atom. The van der Waals surface area contributed by atoms with E-state index in [2.05, 4.69) is 5.32 Å². The Morgan fingerprint density at radius 1 is 1.50 bits per heavy atom. The molecule has 1 rings (SSSR count). The highest BCUT2D eigenvalue weighted by atomic mass is 35.5. The van der Waals surface area contributed by atoms with Gasteiger partial charge in [-0.05, 0) is 12.1 Å². The molecule has 0 aromatic heterocycles. The molecule has 18 heavy (non-hydrogen) atoms. The Hall–Kier alpha value is -1.17. The van der Waals surface area contributed by atoms with E-state index in [0.29, 0.717) is 23.2 Å². The largest absolute Gasteiger partial charge is 0.375 e. The Labute approximate surface area is 111 Å². The molecule has 0 unspecified atom stereocenters. The van der Waals surface area contributed by atoms with Crippen LogP contribution in [0.2, 0.25) is 5.02 Å². The van der Waals surface area contributed by atoms with Crippen molar-refractivity contribution in [3.05, 3.63) is 38.9 Å². The summed E-state index contributed by atoms with van der Waals surface area (Å²) in [5.41, 5.74) is 0.535. The zero-order chi connectivity index (χ0) is 13.5. The predicted molar refractivity (Wildman–Crippen MR) is 70.9 cm³/mol. The normalized spacial score (nSPS) is 10.9. The van der Waals surface area contributed by atoms with Crippen LogP contribution in [0, 0.1) is 10.1 Å². The molecule has 1 aromatic carbocycles. The van der Waals surface area contributed by atoms with E-state index in [1.54, 1.807) is 12.1 Å². The van der Waals surface area contributed by atoms with E-state index in [1.165, 1.54) is 6.07 Å². The van der Waals surface area contributed by atoms with Gasteiger partial charge < -0.3 is 10.1 Å². The zero-order valence-corrected chi connectivity index (χ0v) is 11.2. The van der Waals surface area contributed by atoms with Gasteiger partial charge in [0.1, 0.15) is 0 Å². The van der Waals surface area contributed by atoms with Gasteiger partial charge in [0.2, 0.25) is 0 Å². The second-order valence-electron chi connectivity index (χ2n) is 4.19. The molecule has 0 atom stereocenters. The number of rotatable bonds is 7. The molecule has 100 valence electrons. The van der Waals surface area contributed by atoms with Crippen LogP contribution in [0.5, 0.6) is 0 Å². The average molecular weight is 273 g/mol. The number of benzene rings is 1. The van der Waals surface area contributed by atoms with Gasteiger partial charge in [0.15, 0.2) is 0 Å². The Balaban J connectivity index is 2.49. The van der Waals surface area contributed by atoms with E-state index in [0.717, 1.165) is 6.54 Å². The topological polar surface area (TPSA) is 64.4 Å². The van der Waals surface area contributed by atoms with Crippen LogP contribution >= 0.6 is 11.6 Å². The second-order valence-corrected chi connectivity index (χ2v) is 4.63. The minimum atomic E-state index is -0.447. The Bertz CT molecular complexity index is 410. The predicted octanol–water partition coefficient (Wildman–Crippen LogP) is 2.76. The average Bonchev–Trinajstić information content (AvgIpc) is 2.29. The van der Waals surface area contributed by atoms with Gasteiger partial charge in [0, 0.05) is 23.7 Å². The highest BCUT2D eigenvalue weighted by molar-refractivity contribution is 6.30. The molecular formula is C12H17ClN2O3. The summed E-state index contributed by atoms with van der Waals surface area (Å²) in [4.78, 5) is 10.4. The summed E-state index contributed by atoms with van der Waals surface area (Å²) in [7, 11) is 0. The van der Waals surface area contributed by atoms with Gasteiger partial charge in [0.25, 0.3) is 5.69 Å². The fraction of sp³-hybridized carbons (Fsp3) is 0.500. The summed E-state index contributed by atoms with van der Waals surface area (Å²) in [6.45, 7) is 5.54. The van der Waals surface area contributed by atoms with Crippen molar-refractivity contribution in [2.75, 3.05) is 13.2 Å². The fourth-order valence-electron chi connectivity index (χ4n) is 1.43.